The summed E-state index contributed by atoms with van der Waals surface area (Å²) in [6.45, 7) is 3.27. The predicted octanol–water partition coefficient (Wildman–Crippen LogP) is 2.25. The number of carbonyl (C=O) groups is 2. The van der Waals surface area contributed by atoms with Crippen LogP contribution in [0.2, 0.25) is 0 Å². The zero-order valence-electron chi connectivity index (χ0n) is 11.7. The molecule has 2 aromatic rings. The fraction of sp³-hybridized carbons (Fsp3) is 0.200. The van der Waals surface area contributed by atoms with Gasteiger partial charge in [-0.25, -0.2) is 14.8 Å². The van der Waals surface area contributed by atoms with Crippen molar-refractivity contribution in [3.63, 3.8) is 0 Å². The molecule has 0 aliphatic carbocycles. The topological polar surface area (TPSA) is 78.4 Å². The van der Waals surface area contributed by atoms with Gasteiger partial charge in [-0.15, -0.1) is 0 Å². The zero-order valence-corrected chi connectivity index (χ0v) is 11.7. The molecule has 0 spiro atoms. The number of nitrogens with zero attached hydrogens (tertiary/aromatic N) is 2. The van der Waals surface area contributed by atoms with Gasteiger partial charge in [-0.3, -0.25) is 4.79 Å². The van der Waals surface area contributed by atoms with E-state index in [1.54, 1.807) is 37.5 Å². The van der Waals surface area contributed by atoms with E-state index in [4.69, 9.17) is 9.47 Å². The van der Waals surface area contributed by atoms with Crippen molar-refractivity contribution in [3.8, 4) is 17.1 Å². The zero-order chi connectivity index (χ0) is 15.2. The van der Waals surface area contributed by atoms with E-state index in [1.165, 1.54) is 13.0 Å². The molecule has 0 fully saturated rings. The fourth-order valence-corrected chi connectivity index (χ4v) is 1.73. The van der Waals surface area contributed by atoms with Crippen molar-refractivity contribution in [2.24, 2.45) is 0 Å². The molecule has 0 atom stereocenters. The first-order valence-electron chi connectivity index (χ1n) is 6.38. The summed E-state index contributed by atoms with van der Waals surface area (Å²) in [4.78, 5) is 31.2. The Morgan fingerprint density at radius 2 is 1.90 bits per heavy atom. The second kappa shape index (κ2) is 6.60. The summed E-state index contributed by atoms with van der Waals surface area (Å²) in [6, 6.07) is 6.34. The van der Waals surface area contributed by atoms with Gasteiger partial charge in [-0.1, -0.05) is 0 Å². The summed E-state index contributed by atoms with van der Waals surface area (Å²) in [5.41, 5.74) is 0.826. The van der Waals surface area contributed by atoms with E-state index in [0.717, 1.165) is 0 Å². The Hall–Kier alpha value is -2.76. The van der Waals surface area contributed by atoms with Crippen molar-refractivity contribution in [1.82, 2.24) is 9.97 Å². The molecule has 21 heavy (non-hydrogen) atoms. The maximum absolute atomic E-state index is 11.7. The molecule has 1 heterocycles. The Kier molecular flexibility index (Phi) is 4.61. The second-order valence-corrected chi connectivity index (χ2v) is 4.10. The Balaban J connectivity index is 2.45. The summed E-state index contributed by atoms with van der Waals surface area (Å²) in [7, 11) is 0. The van der Waals surface area contributed by atoms with Gasteiger partial charge in [0.05, 0.1) is 17.7 Å². The minimum absolute atomic E-state index is 0.222. The highest BCUT2D eigenvalue weighted by Crippen LogP contribution is 2.29. The van der Waals surface area contributed by atoms with Crippen LogP contribution >= 0.6 is 0 Å². The lowest BCUT2D eigenvalue weighted by Gasteiger charge is -2.10. The summed E-state index contributed by atoms with van der Waals surface area (Å²) < 4.78 is 10.1. The van der Waals surface area contributed by atoms with E-state index in [9.17, 15) is 9.59 Å². The van der Waals surface area contributed by atoms with E-state index < -0.39 is 11.9 Å². The van der Waals surface area contributed by atoms with E-state index in [-0.39, 0.29) is 12.4 Å². The third kappa shape index (κ3) is 3.62. The van der Waals surface area contributed by atoms with Crippen molar-refractivity contribution in [1.29, 1.82) is 0 Å². The molecule has 1 aromatic heterocycles. The van der Waals surface area contributed by atoms with Crippen LogP contribution in [0.5, 0.6) is 5.75 Å². The quantitative estimate of drug-likeness (QED) is 0.633. The number of esters is 2. The van der Waals surface area contributed by atoms with Gasteiger partial charge in [-0.2, -0.15) is 0 Å². The van der Waals surface area contributed by atoms with Crippen LogP contribution in [0.1, 0.15) is 24.2 Å². The standard InChI is InChI=1S/C15H14N2O4/c1-3-20-15(19)11-5-6-12(13(9-11)21-10(2)18)14-16-7-4-8-17-14/h4-9H,3H2,1-2H3. The Bertz CT molecular complexity index is 656. The van der Waals surface area contributed by atoms with Crippen molar-refractivity contribution < 1.29 is 19.1 Å². The van der Waals surface area contributed by atoms with Gasteiger partial charge in [0, 0.05) is 19.3 Å². The van der Waals surface area contributed by atoms with Crippen LogP contribution in [0, 0.1) is 0 Å². The van der Waals surface area contributed by atoms with Gasteiger partial charge < -0.3 is 9.47 Å². The van der Waals surface area contributed by atoms with Crippen molar-refractivity contribution >= 4 is 11.9 Å². The summed E-state index contributed by atoms with van der Waals surface area (Å²) in [5.74, 6) is -0.344. The molecule has 0 radical (unpaired) electrons. The van der Waals surface area contributed by atoms with Crippen LogP contribution in [-0.4, -0.2) is 28.5 Å². The minimum atomic E-state index is -0.492. The molecule has 0 unspecified atom stereocenters. The fourth-order valence-electron chi connectivity index (χ4n) is 1.73. The van der Waals surface area contributed by atoms with Crippen molar-refractivity contribution in [2.75, 3.05) is 6.61 Å². The van der Waals surface area contributed by atoms with Crippen LogP contribution in [-0.2, 0) is 9.53 Å². The molecule has 0 amide bonds. The van der Waals surface area contributed by atoms with Gasteiger partial charge in [0.15, 0.2) is 5.82 Å². The molecule has 108 valence electrons. The molecule has 1 aromatic carbocycles. The third-order valence-corrected chi connectivity index (χ3v) is 2.55. The molecule has 0 saturated heterocycles. The maximum Gasteiger partial charge on any atom is 0.338 e. The van der Waals surface area contributed by atoms with Gasteiger partial charge >= 0.3 is 11.9 Å². The molecule has 0 saturated carbocycles. The number of hydrogen-bond donors (Lipinski definition) is 0. The highest BCUT2D eigenvalue weighted by Gasteiger charge is 2.15. The summed E-state index contributed by atoms with van der Waals surface area (Å²) in [6.07, 6.45) is 3.16. The largest absolute Gasteiger partial charge is 0.462 e. The van der Waals surface area contributed by atoms with E-state index >= 15 is 0 Å². The first kappa shape index (κ1) is 14.6. The normalized spacial score (nSPS) is 10.0. The lowest BCUT2D eigenvalue weighted by Crippen LogP contribution is -2.08. The molecule has 6 heteroatoms. The molecule has 2 rings (SSSR count). The van der Waals surface area contributed by atoms with Crippen LogP contribution in [0.15, 0.2) is 36.7 Å². The number of hydrogen-bond acceptors (Lipinski definition) is 6. The Labute approximate surface area is 121 Å². The number of rotatable bonds is 4. The molecule has 0 aliphatic heterocycles. The number of carbonyl (C=O) groups excluding carboxylic acids is 2. The highest BCUT2D eigenvalue weighted by atomic mass is 16.5. The first-order chi connectivity index (χ1) is 10.1. The number of ether oxygens (including phenoxy) is 2. The van der Waals surface area contributed by atoms with Gasteiger partial charge in [0.1, 0.15) is 5.75 Å². The van der Waals surface area contributed by atoms with Crippen LogP contribution in [0.3, 0.4) is 0 Å². The smallest absolute Gasteiger partial charge is 0.338 e. The summed E-state index contributed by atoms with van der Waals surface area (Å²) in [5, 5.41) is 0. The second-order valence-electron chi connectivity index (χ2n) is 4.10. The SMILES string of the molecule is CCOC(=O)c1ccc(-c2ncccn2)c(OC(C)=O)c1. The lowest BCUT2D eigenvalue weighted by atomic mass is 10.1. The number of aromatic nitrogens is 2. The summed E-state index contributed by atoms with van der Waals surface area (Å²) >= 11 is 0. The van der Waals surface area contributed by atoms with Crippen LogP contribution < -0.4 is 4.74 Å². The molecular weight excluding hydrogens is 272 g/mol. The van der Waals surface area contributed by atoms with Crippen molar-refractivity contribution in [2.45, 2.75) is 13.8 Å². The molecule has 0 bridgehead atoms. The Morgan fingerprint density at radius 1 is 1.19 bits per heavy atom. The van der Waals surface area contributed by atoms with Crippen molar-refractivity contribution in [3.05, 3.63) is 42.2 Å². The van der Waals surface area contributed by atoms with E-state index in [2.05, 4.69) is 9.97 Å². The Morgan fingerprint density at radius 3 is 2.52 bits per heavy atom. The number of benzene rings is 1. The van der Waals surface area contributed by atoms with Gasteiger partial charge in [0.25, 0.3) is 0 Å². The average Bonchev–Trinajstić information content (AvgIpc) is 2.47. The van der Waals surface area contributed by atoms with E-state index in [0.29, 0.717) is 17.0 Å². The van der Waals surface area contributed by atoms with Crippen LogP contribution in [0.4, 0.5) is 0 Å². The van der Waals surface area contributed by atoms with Crippen LogP contribution in [0.25, 0.3) is 11.4 Å². The monoisotopic (exact) mass is 286 g/mol. The average molecular weight is 286 g/mol. The highest BCUT2D eigenvalue weighted by molar-refractivity contribution is 5.91. The molecular formula is C15H14N2O4. The molecule has 6 nitrogen and oxygen atoms in total. The molecule has 0 N–H and O–H groups in total. The predicted molar refractivity (Wildman–Crippen MR) is 74.7 cm³/mol. The van der Waals surface area contributed by atoms with Gasteiger partial charge in [0.2, 0.25) is 0 Å². The molecule has 0 aliphatic rings. The minimum Gasteiger partial charge on any atom is -0.462 e. The first-order valence-corrected chi connectivity index (χ1v) is 6.38. The lowest BCUT2D eigenvalue weighted by molar-refractivity contribution is -0.131. The maximum atomic E-state index is 11.7. The van der Waals surface area contributed by atoms with Gasteiger partial charge in [-0.05, 0) is 31.2 Å². The third-order valence-electron chi connectivity index (χ3n) is 2.55. The van der Waals surface area contributed by atoms with E-state index in [1.807, 2.05) is 0 Å².